The molecule has 5 rings (SSSR count). The first-order valence-electron chi connectivity index (χ1n) is 22.7. The molecule has 1 heterocycles. The number of rotatable bonds is 20. The fourth-order valence-electron chi connectivity index (χ4n) is 7.22. The lowest BCUT2D eigenvalue weighted by atomic mass is 9.92. The Hall–Kier alpha value is -8.47. The Kier molecular flexibility index (Phi) is 19.8. The summed E-state index contributed by atoms with van der Waals surface area (Å²) < 4.78 is 34.7. The van der Waals surface area contributed by atoms with Crippen molar-refractivity contribution in [2.75, 3.05) is 19.8 Å². The molecule has 1 N–H and O–H groups in total. The molecule has 0 spiro atoms. The third kappa shape index (κ3) is 15.0. The Morgan fingerprint density at radius 1 is 0.556 bits per heavy atom. The predicted molar refractivity (Wildman–Crippen MR) is 274 cm³/mol. The van der Waals surface area contributed by atoms with Crippen LogP contribution in [-0.4, -0.2) is 57.5 Å². The fraction of sp³-hybridized carbons (Fsp3) is 0.291. The highest BCUT2D eigenvalue weighted by Gasteiger charge is 2.26. The number of carbonyl (C=O) groups excluding carboxylic acids is 4. The first-order chi connectivity index (χ1) is 34.0. The number of hydrogen-bond acceptors (Lipinski definition) is 13. The van der Waals surface area contributed by atoms with Crippen LogP contribution in [0.15, 0.2) is 126 Å². The van der Waals surface area contributed by atoms with Crippen LogP contribution in [0.3, 0.4) is 0 Å². The monoisotopic (exact) mass is 986 g/mol. The van der Waals surface area contributed by atoms with Gasteiger partial charge in [-0.15, -0.1) is 0 Å². The van der Waals surface area contributed by atoms with Crippen LogP contribution in [0.2, 0.25) is 0 Å². The van der Waals surface area contributed by atoms with Crippen molar-refractivity contribution in [1.29, 1.82) is 0 Å². The van der Waals surface area contributed by atoms with E-state index in [4.69, 9.17) is 28.4 Å². The number of nitrogens with zero attached hydrogens (tertiary/aromatic N) is 3. The Labute approximate surface area is 418 Å². The van der Waals surface area contributed by atoms with Crippen LogP contribution in [0, 0.1) is 41.5 Å². The van der Waals surface area contributed by atoms with Gasteiger partial charge in [-0.05, 0) is 137 Å². The number of allylic oxidation sites excluding steroid dienone is 1. The molecule has 0 fully saturated rings. The van der Waals surface area contributed by atoms with E-state index in [9.17, 15) is 33.6 Å². The average molecular weight is 987 g/mol. The van der Waals surface area contributed by atoms with Gasteiger partial charge in [0.15, 0.2) is 0 Å². The summed E-state index contributed by atoms with van der Waals surface area (Å²) in [5, 5.41) is 3.01. The van der Waals surface area contributed by atoms with Crippen LogP contribution < -0.4 is 36.6 Å². The van der Waals surface area contributed by atoms with E-state index < -0.39 is 46.6 Å². The van der Waals surface area contributed by atoms with Gasteiger partial charge in [0.25, 0.3) is 0 Å². The van der Waals surface area contributed by atoms with Crippen molar-refractivity contribution in [2.45, 2.75) is 87.5 Å². The maximum atomic E-state index is 13.0. The molecule has 17 nitrogen and oxygen atoms in total. The summed E-state index contributed by atoms with van der Waals surface area (Å²) in [6, 6.07) is 21.9. The van der Waals surface area contributed by atoms with E-state index in [0.717, 1.165) is 85.6 Å². The summed E-state index contributed by atoms with van der Waals surface area (Å²) in [6.45, 7) is 29.4. The zero-order valence-corrected chi connectivity index (χ0v) is 42.3. The Morgan fingerprint density at radius 2 is 0.917 bits per heavy atom. The minimum Gasteiger partial charge on any atom is -0.461 e. The van der Waals surface area contributed by atoms with Gasteiger partial charge in [0, 0.05) is 18.2 Å². The van der Waals surface area contributed by atoms with Crippen LogP contribution in [-0.2, 0) is 53.8 Å². The van der Waals surface area contributed by atoms with Gasteiger partial charge in [-0.25, -0.2) is 47.3 Å². The number of aromatic nitrogens is 3. The largest absolute Gasteiger partial charge is 0.461 e. The summed E-state index contributed by atoms with van der Waals surface area (Å²) in [7, 11) is 0. The third-order valence-corrected chi connectivity index (χ3v) is 11.0. The molecule has 17 heteroatoms. The molecular weight excluding hydrogens is 925 g/mol. The van der Waals surface area contributed by atoms with Crippen molar-refractivity contribution in [2.24, 2.45) is 0 Å². The number of esters is 3. The number of hydrogen-bond donors (Lipinski definition) is 1. The number of nitrogens with one attached hydrogen (secondary N) is 1. The maximum Gasteiger partial charge on any atom is 0.413 e. The summed E-state index contributed by atoms with van der Waals surface area (Å²) in [5.74, 6) is 1.32. The highest BCUT2D eigenvalue weighted by Crippen LogP contribution is 2.38. The van der Waals surface area contributed by atoms with E-state index in [0.29, 0.717) is 25.2 Å². The second kappa shape index (κ2) is 25.4. The summed E-state index contributed by atoms with van der Waals surface area (Å²) in [6.07, 6.45) is 2.20. The topological polar surface area (TPSA) is 202 Å². The van der Waals surface area contributed by atoms with E-state index >= 15 is 0 Å². The molecule has 0 saturated carbocycles. The molecule has 0 atom stereocenters. The van der Waals surface area contributed by atoms with E-state index in [1.807, 2.05) is 129 Å². The lowest BCUT2D eigenvalue weighted by molar-refractivity contribution is -0.138. The summed E-state index contributed by atoms with van der Waals surface area (Å²) >= 11 is 0. The molecule has 0 aliphatic carbocycles. The van der Waals surface area contributed by atoms with Crippen molar-refractivity contribution in [3.05, 3.63) is 187 Å². The number of amides is 1. The molecule has 5 aromatic rings. The van der Waals surface area contributed by atoms with Gasteiger partial charge in [-0.2, -0.15) is 0 Å². The normalized spacial score (nSPS) is 10.7. The maximum absolute atomic E-state index is 13.0. The van der Waals surface area contributed by atoms with Gasteiger partial charge >= 0.3 is 41.1 Å². The van der Waals surface area contributed by atoms with Crippen LogP contribution >= 0.6 is 0 Å². The van der Waals surface area contributed by atoms with E-state index in [1.54, 1.807) is 0 Å². The third-order valence-electron chi connectivity index (χ3n) is 11.0. The van der Waals surface area contributed by atoms with Crippen LogP contribution in [0.1, 0.15) is 65.3 Å². The van der Waals surface area contributed by atoms with Gasteiger partial charge in [0.1, 0.15) is 48.6 Å². The predicted octanol–water partition coefficient (Wildman–Crippen LogP) is 8.54. The molecule has 0 aliphatic rings. The lowest BCUT2D eigenvalue weighted by Gasteiger charge is -2.27. The van der Waals surface area contributed by atoms with Crippen molar-refractivity contribution >= 4 is 29.6 Å². The molecule has 0 aliphatic heterocycles. The van der Waals surface area contributed by atoms with E-state index in [2.05, 4.69) is 31.6 Å². The van der Waals surface area contributed by atoms with Gasteiger partial charge < -0.3 is 33.7 Å². The van der Waals surface area contributed by atoms with E-state index in [1.165, 1.54) is 0 Å². The molecule has 0 bridgehead atoms. The second-order valence-electron chi connectivity index (χ2n) is 17.1. The first kappa shape index (κ1) is 56.1. The summed E-state index contributed by atoms with van der Waals surface area (Å²) in [4.78, 5) is 84.2. The van der Waals surface area contributed by atoms with Gasteiger partial charge in [-0.1, -0.05) is 68.3 Å². The zero-order valence-electron chi connectivity index (χ0n) is 42.3. The summed E-state index contributed by atoms with van der Waals surface area (Å²) in [5.41, 5.74) is 5.05. The first-order valence-corrected chi connectivity index (χ1v) is 22.7. The molecule has 0 radical (unpaired) electrons. The van der Waals surface area contributed by atoms with Crippen molar-refractivity contribution < 1.29 is 47.6 Å². The van der Waals surface area contributed by atoms with Gasteiger partial charge in [0.2, 0.25) is 0 Å². The highest BCUT2D eigenvalue weighted by atomic mass is 16.6. The van der Waals surface area contributed by atoms with E-state index in [-0.39, 0.29) is 39.5 Å². The van der Waals surface area contributed by atoms with Gasteiger partial charge in [-0.3, -0.25) is 0 Å². The SMILES string of the molecule is C=C(C)c1cccc(C(C)(C)NC(=O)Oc2c(C)cc(Oc3c(C)cc(Oc4c(C)cccc4C)cc3C)cc2C)c1.C=CC(=O)OCCn1c(=O)n(CCOC(=O)C=C)c(=O)n(CCOC(=O)C=C)c1=O. The Morgan fingerprint density at radius 3 is 1.29 bits per heavy atom. The quantitative estimate of drug-likeness (QED) is 0.0442. The van der Waals surface area contributed by atoms with Crippen LogP contribution in [0.25, 0.3) is 5.57 Å². The molecule has 380 valence electrons. The average Bonchev–Trinajstić information content (AvgIpc) is 3.33. The van der Waals surface area contributed by atoms with Crippen LogP contribution in [0.4, 0.5) is 4.79 Å². The minimum absolute atomic E-state index is 0.338. The van der Waals surface area contributed by atoms with Crippen molar-refractivity contribution in [1.82, 2.24) is 19.0 Å². The number of benzene rings is 4. The number of para-hydroxylation sites is 1. The molecule has 0 saturated heterocycles. The number of aryl methyl sites for hydroxylation is 6. The Bertz CT molecular complexity index is 2860. The highest BCUT2D eigenvalue weighted by molar-refractivity contribution is 5.82. The standard InChI is InChI=1S/C37H41NO4.C18H21N3O9/c1-22(2)29-15-12-16-30(21-29)37(9,10)38-36(39)42-35-27(7)19-32(20-28(35)8)41-34-25(5)17-31(18-26(34)6)40-33-23(3)13-11-14-24(33)4;1-4-13(22)28-10-7-19-16(25)20(8-11-29-14(23)5-2)18(27)21(17(19)26)9-12-30-15(24)6-3/h11-21H,1H2,2-10H3,(H,38,39);4-6H,1-3,7-12H2. The number of carbonyl (C=O) groups is 4. The van der Waals surface area contributed by atoms with Crippen LogP contribution in [0.5, 0.6) is 28.7 Å². The smallest absolute Gasteiger partial charge is 0.413 e. The van der Waals surface area contributed by atoms with Crippen molar-refractivity contribution in [3.63, 3.8) is 0 Å². The molecular formula is C55H62N4O13. The lowest BCUT2D eigenvalue weighted by Crippen LogP contribution is -2.55. The molecule has 0 unspecified atom stereocenters. The van der Waals surface area contributed by atoms with Crippen molar-refractivity contribution in [3.8, 4) is 28.7 Å². The second-order valence-corrected chi connectivity index (χ2v) is 17.1. The molecule has 1 amide bonds. The molecule has 1 aromatic heterocycles. The number of ether oxygens (including phenoxy) is 6. The molecule has 72 heavy (non-hydrogen) atoms. The Balaban J connectivity index is 0.000000332. The minimum atomic E-state index is -0.992. The fourth-order valence-corrected chi connectivity index (χ4v) is 7.22. The molecule has 4 aromatic carbocycles. The zero-order chi connectivity index (χ0) is 53.4. The van der Waals surface area contributed by atoms with Gasteiger partial charge in [0.05, 0.1) is 25.2 Å².